The SMILES string of the molecule is CCn1ncc(NC(=O)c2ccco2)c1C(N)=O. The summed E-state index contributed by atoms with van der Waals surface area (Å²) >= 11 is 0. The summed E-state index contributed by atoms with van der Waals surface area (Å²) < 4.78 is 6.36. The van der Waals surface area contributed by atoms with Gasteiger partial charge in [0, 0.05) is 6.54 Å². The van der Waals surface area contributed by atoms with E-state index in [1.54, 1.807) is 6.07 Å². The summed E-state index contributed by atoms with van der Waals surface area (Å²) in [4.78, 5) is 23.1. The van der Waals surface area contributed by atoms with Gasteiger partial charge in [-0.25, -0.2) is 0 Å². The van der Waals surface area contributed by atoms with Crippen molar-refractivity contribution in [2.75, 3.05) is 5.32 Å². The number of hydrogen-bond donors (Lipinski definition) is 2. The number of rotatable bonds is 4. The van der Waals surface area contributed by atoms with E-state index in [9.17, 15) is 9.59 Å². The molecule has 0 fully saturated rings. The third-order valence-electron chi connectivity index (χ3n) is 2.37. The third-order valence-corrected chi connectivity index (χ3v) is 2.37. The average molecular weight is 248 g/mol. The van der Waals surface area contributed by atoms with E-state index in [1.807, 2.05) is 6.92 Å². The highest BCUT2D eigenvalue weighted by Crippen LogP contribution is 2.15. The minimum Gasteiger partial charge on any atom is -0.459 e. The Morgan fingerprint density at radius 2 is 2.33 bits per heavy atom. The molecule has 18 heavy (non-hydrogen) atoms. The minimum atomic E-state index is -0.649. The van der Waals surface area contributed by atoms with Crippen LogP contribution in [0.1, 0.15) is 28.0 Å². The molecule has 7 heteroatoms. The largest absolute Gasteiger partial charge is 0.459 e. The summed E-state index contributed by atoms with van der Waals surface area (Å²) in [6, 6.07) is 3.11. The Hall–Kier alpha value is -2.57. The first-order valence-electron chi connectivity index (χ1n) is 5.34. The van der Waals surface area contributed by atoms with Gasteiger partial charge in [-0.2, -0.15) is 5.10 Å². The normalized spacial score (nSPS) is 10.3. The third kappa shape index (κ3) is 2.10. The summed E-state index contributed by atoms with van der Waals surface area (Å²) in [6.07, 6.45) is 2.77. The molecule has 2 aromatic rings. The van der Waals surface area contributed by atoms with E-state index in [1.165, 1.54) is 23.2 Å². The molecule has 3 N–H and O–H groups in total. The van der Waals surface area contributed by atoms with Gasteiger partial charge in [-0.3, -0.25) is 14.3 Å². The number of aromatic nitrogens is 2. The maximum atomic E-state index is 11.8. The number of nitrogens with one attached hydrogen (secondary N) is 1. The van der Waals surface area contributed by atoms with Crippen molar-refractivity contribution in [3.63, 3.8) is 0 Å². The monoisotopic (exact) mass is 248 g/mol. The Labute approximate surface area is 103 Å². The molecule has 0 atom stereocenters. The number of furan rings is 1. The predicted molar refractivity (Wildman–Crippen MR) is 63.1 cm³/mol. The molecule has 0 aliphatic carbocycles. The molecule has 2 aromatic heterocycles. The Bertz CT molecular complexity index is 571. The Balaban J connectivity index is 2.27. The standard InChI is InChI=1S/C11H12N4O3/c1-2-15-9(10(12)16)7(6-13-15)14-11(17)8-4-3-5-18-8/h3-6H,2H2,1H3,(H2,12,16)(H,14,17). The highest BCUT2D eigenvalue weighted by atomic mass is 16.3. The number of anilines is 1. The zero-order valence-electron chi connectivity index (χ0n) is 9.71. The summed E-state index contributed by atoms with van der Waals surface area (Å²) in [5.41, 5.74) is 5.69. The first-order chi connectivity index (χ1) is 8.63. The van der Waals surface area contributed by atoms with Crippen LogP contribution in [0.4, 0.5) is 5.69 Å². The molecule has 0 unspecified atom stereocenters. The van der Waals surface area contributed by atoms with Gasteiger partial charge < -0.3 is 15.5 Å². The number of aryl methyl sites for hydroxylation is 1. The van der Waals surface area contributed by atoms with E-state index in [0.717, 1.165) is 0 Å². The lowest BCUT2D eigenvalue weighted by molar-refractivity contribution is 0.0991. The number of amides is 2. The van der Waals surface area contributed by atoms with Gasteiger partial charge in [-0.1, -0.05) is 0 Å². The van der Waals surface area contributed by atoms with E-state index in [2.05, 4.69) is 10.4 Å². The van der Waals surface area contributed by atoms with Crippen molar-refractivity contribution in [1.82, 2.24) is 9.78 Å². The fourth-order valence-corrected chi connectivity index (χ4v) is 1.57. The van der Waals surface area contributed by atoms with E-state index in [-0.39, 0.29) is 17.1 Å². The summed E-state index contributed by atoms with van der Waals surface area (Å²) in [5, 5.41) is 6.49. The van der Waals surface area contributed by atoms with Crippen molar-refractivity contribution >= 4 is 17.5 Å². The molecule has 94 valence electrons. The molecular formula is C11H12N4O3. The highest BCUT2D eigenvalue weighted by Gasteiger charge is 2.18. The molecule has 0 aromatic carbocycles. The fourth-order valence-electron chi connectivity index (χ4n) is 1.57. The summed E-state index contributed by atoms with van der Waals surface area (Å²) in [6.45, 7) is 2.30. The molecule has 0 saturated heterocycles. The van der Waals surface area contributed by atoms with Crippen LogP contribution in [0.5, 0.6) is 0 Å². The van der Waals surface area contributed by atoms with Crippen molar-refractivity contribution in [2.45, 2.75) is 13.5 Å². The lowest BCUT2D eigenvalue weighted by atomic mass is 10.3. The molecule has 0 bridgehead atoms. The van der Waals surface area contributed by atoms with Gasteiger partial charge in [0.15, 0.2) is 5.76 Å². The van der Waals surface area contributed by atoms with Crippen molar-refractivity contribution in [3.05, 3.63) is 36.0 Å². The van der Waals surface area contributed by atoms with E-state index >= 15 is 0 Å². The quantitative estimate of drug-likeness (QED) is 0.836. The van der Waals surface area contributed by atoms with Crippen molar-refractivity contribution < 1.29 is 14.0 Å². The molecule has 0 aliphatic rings. The van der Waals surface area contributed by atoms with Crippen molar-refractivity contribution in [1.29, 1.82) is 0 Å². The maximum Gasteiger partial charge on any atom is 0.291 e. The fraction of sp³-hybridized carbons (Fsp3) is 0.182. The number of hydrogen-bond acceptors (Lipinski definition) is 4. The van der Waals surface area contributed by atoms with Crippen LogP contribution in [0.15, 0.2) is 29.0 Å². The first-order valence-corrected chi connectivity index (χ1v) is 5.34. The number of nitrogens with two attached hydrogens (primary N) is 1. The molecule has 0 saturated carbocycles. The summed E-state index contributed by atoms with van der Waals surface area (Å²) in [5.74, 6) is -0.961. The van der Waals surface area contributed by atoms with Crippen LogP contribution < -0.4 is 11.1 Å². The van der Waals surface area contributed by atoms with Crippen LogP contribution in [0.25, 0.3) is 0 Å². The van der Waals surface area contributed by atoms with Gasteiger partial charge in [0.1, 0.15) is 5.69 Å². The van der Waals surface area contributed by atoms with Crippen LogP contribution in [-0.2, 0) is 6.54 Å². The predicted octanol–water partition coefficient (Wildman–Crippen LogP) is 0.847. The number of primary amides is 1. The molecule has 2 rings (SSSR count). The second-order valence-corrected chi connectivity index (χ2v) is 3.52. The van der Waals surface area contributed by atoms with Gasteiger partial charge >= 0.3 is 0 Å². The number of carbonyl (C=O) groups excluding carboxylic acids is 2. The lowest BCUT2D eigenvalue weighted by Gasteiger charge is -2.04. The zero-order chi connectivity index (χ0) is 13.1. The average Bonchev–Trinajstić information content (AvgIpc) is 2.97. The van der Waals surface area contributed by atoms with Crippen LogP contribution in [0.2, 0.25) is 0 Å². The van der Waals surface area contributed by atoms with Gasteiger partial charge in [-0.15, -0.1) is 0 Å². The van der Waals surface area contributed by atoms with E-state index in [0.29, 0.717) is 6.54 Å². The van der Waals surface area contributed by atoms with Crippen LogP contribution in [-0.4, -0.2) is 21.6 Å². The number of carbonyl (C=O) groups is 2. The zero-order valence-corrected chi connectivity index (χ0v) is 9.71. The molecule has 2 amide bonds. The Morgan fingerprint density at radius 3 is 2.89 bits per heavy atom. The minimum absolute atomic E-state index is 0.148. The second-order valence-electron chi connectivity index (χ2n) is 3.52. The van der Waals surface area contributed by atoms with Gasteiger partial charge in [0.2, 0.25) is 0 Å². The van der Waals surface area contributed by atoms with Crippen LogP contribution in [0.3, 0.4) is 0 Å². The molecule has 0 spiro atoms. The topological polar surface area (TPSA) is 103 Å². The molecule has 0 radical (unpaired) electrons. The van der Waals surface area contributed by atoms with E-state index < -0.39 is 11.8 Å². The smallest absolute Gasteiger partial charge is 0.291 e. The lowest BCUT2D eigenvalue weighted by Crippen LogP contribution is -2.20. The van der Waals surface area contributed by atoms with Gasteiger partial charge in [-0.05, 0) is 19.1 Å². The molecular weight excluding hydrogens is 236 g/mol. The highest BCUT2D eigenvalue weighted by molar-refractivity contribution is 6.06. The van der Waals surface area contributed by atoms with E-state index in [4.69, 9.17) is 10.2 Å². The van der Waals surface area contributed by atoms with Crippen molar-refractivity contribution in [2.24, 2.45) is 5.73 Å². The second kappa shape index (κ2) is 4.74. The van der Waals surface area contributed by atoms with Crippen molar-refractivity contribution in [3.8, 4) is 0 Å². The first kappa shape index (κ1) is 11.9. The van der Waals surface area contributed by atoms with Crippen LogP contribution >= 0.6 is 0 Å². The van der Waals surface area contributed by atoms with Crippen LogP contribution in [0, 0.1) is 0 Å². The molecule has 2 heterocycles. The molecule has 0 aliphatic heterocycles. The van der Waals surface area contributed by atoms with Gasteiger partial charge in [0.05, 0.1) is 18.1 Å². The summed E-state index contributed by atoms with van der Waals surface area (Å²) in [7, 11) is 0. The number of nitrogens with zero attached hydrogens (tertiary/aromatic N) is 2. The molecule has 7 nitrogen and oxygen atoms in total. The van der Waals surface area contributed by atoms with Gasteiger partial charge in [0.25, 0.3) is 11.8 Å². The Morgan fingerprint density at radius 1 is 1.56 bits per heavy atom. The Kier molecular flexibility index (Phi) is 3.13. The maximum absolute atomic E-state index is 11.8.